The van der Waals surface area contributed by atoms with Gasteiger partial charge in [-0.2, -0.15) is 18.3 Å². The van der Waals surface area contributed by atoms with E-state index in [4.69, 9.17) is 16.3 Å². The third kappa shape index (κ3) is 8.11. The van der Waals surface area contributed by atoms with E-state index in [0.29, 0.717) is 25.0 Å². The Kier molecular flexibility index (Phi) is 11.7. The van der Waals surface area contributed by atoms with E-state index in [0.717, 1.165) is 34.0 Å². The zero-order valence-electron chi connectivity index (χ0n) is 24.0. The molecule has 0 unspecified atom stereocenters. The Labute approximate surface area is 247 Å². The highest BCUT2D eigenvalue weighted by Gasteiger charge is 2.34. The first-order valence-corrected chi connectivity index (χ1v) is 15.1. The molecule has 3 aromatic rings. The van der Waals surface area contributed by atoms with Gasteiger partial charge in [-0.3, -0.25) is 14.5 Å². The number of aromatic nitrogens is 2. The molecule has 0 saturated carbocycles. The van der Waals surface area contributed by atoms with Gasteiger partial charge in [0, 0.05) is 25.5 Å². The van der Waals surface area contributed by atoms with Crippen LogP contribution >= 0.6 is 11.6 Å². The van der Waals surface area contributed by atoms with Gasteiger partial charge in [-0.25, -0.2) is 13.1 Å². The molecule has 0 bridgehead atoms. The standard InChI is InChI=1S/C14H20ClNO2.C14H13F3N2O4S/c1-4-12-8-6-7-11(3)14(12)16(10-18-5-2)13(17)9-15;1-7-11(13(21)19(2)18-7)12(20)9-5-4-8(14(15,16)17)6-10(9)24(3,22)23/h6-8H,4-5,9-10H2,1-3H3;4-6,21H,1-3H3. The maximum Gasteiger partial charge on any atom is 0.416 e. The normalized spacial score (nSPS) is 11.6. The van der Waals surface area contributed by atoms with E-state index < -0.39 is 43.7 Å². The van der Waals surface area contributed by atoms with E-state index in [1.54, 1.807) is 4.90 Å². The molecule has 0 spiro atoms. The molecule has 9 nitrogen and oxygen atoms in total. The van der Waals surface area contributed by atoms with E-state index in [-0.39, 0.29) is 29.8 Å². The summed E-state index contributed by atoms with van der Waals surface area (Å²) in [5.74, 6) is -1.59. The number of aromatic hydroxyl groups is 1. The summed E-state index contributed by atoms with van der Waals surface area (Å²) in [4.78, 5) is 25.4. The largest absolute Gasteiger partial charge is 0.493 e. The minimum Gasteiger partial charge on any atom is -0.493 e. The van der Waals surface area contributed by atoms with Gasteiger partial charge in [0.15, 0.2) is 9.84 Å². The highest BCUT2D eigenvalue weighted by atomic mass is 35.5. The van der Waals surface area contributed by atoms with Crippen molar-refractivity contribution in [3.05, 3.63) is 69.9 Å². The van der Waals surface area contributed by atoms with Crippen molar-refractivity contribution >= 4 is 38.8 Å². The second kappa shape index (κ2) is 14.2. The molecule has 0 atom stereocenters. The van der Waals surface area contributed by atoms with Crippen LogP contribution in [0.15, 0.2) is 41.3 Å². The number of rotatable bonds is 9. The molecule has 0 fully saturated rings. The summed E-state index contributed by atoms with van der Waals surface area (Å²) in [6.45, 7) is 8.20. The number of carbonyl (C=O) groups excluding carboxylic acids is 2. The molecule has 0 saturated heterocycles. The van der Waals surface area contributed by atoms with Crippen LogP contribution in [0.3, 0.4) is 0 Å². The Morgan fingerprint density at radius 2 is 1.79 bits per heavy atom. The fourth-order valence-electron chi connectivity index (χ4n) is 4.15. The van der Waals surface area contributed by atoms with Crippen molar-refractivity contribution in [1.82, 2.24) is 9.78 Å². The van der Waals surface area contributed by atoms with Crippen molar-refractivity contribution in [2.45, 2.75) is 45.2 Å². The van der Waals surface area contributed by atoms with Crippen molar-refractivity contribution in [3.63, 3.8) is 0 Å². The summed E-state index contributed by atoms with van der Waals surface area (Å²) in [6, 6.07) is 7.84. The summed E-state index contributed by atoms with van der Waals surface area (Å²) in [7, 11) is -2.75. The number of nitrogens with zero attached hydrogens (tertiary/aromatic N) is 3. The highest BCUT2D eigenvalue weighted by Crippen LogP contribution is 2.34. The lowest BCUT2D eigenvalue weighted by atomic mass is 10.0. The second-order valence-corrected chi connectivity index (χ2v) is 11.5. The molecule has 2 aromatic carbocycles. The number of ether oxygens (including phenoxy) is 1. The van der Waals surface area contributed by atoms with Crippen LogP contribution in [-0.4, -0.2) is 60.5 Å². The van der Waals surface area contributed by atoms with Gasteiger partial charge >= 0.3 is 6.18 Å². The van der Waals surface area contributed by atoms with E-state index in [9.17, 15) is 36.3 Å². The second-order valence-electron chi connectivity index (χ2n) is 9.23. The molecule has 0 aliphatic heterocycles. The monoisotopic (exact) mass is 631 g/mol. The summed E-state index contributed by atoms with van der Waals surface area (Å²) < 4.78 is 68.5. The smallest absolute Gasteiger partial charge is 0.416 e. The van der Waals surface area contributed by atoms with Crippen LogP contribution in [0.25, 0.3) is 0 Å². The third-order valence-electron chi connectivity index (χ3n) is 6.18. The lowest BCUT2D eigenvalue weighted by molar-refractivity contribution is -0.137. The Morgan fingerprint density at radius 1 is 1.14 bits per heavy atom. The SMILES string of the molecule is CCOCN(C(=O)CCl)c1c(C)cccc1CC.Cc1nn(C)c(O)c1C(=O)c1ccc(C(F)(F)F)cc1S(C)(=O)=O. The van der Waals surface area contributed by atoms with Crippen molar-refractivity contribution in [3.8, 4) is 5.88 Å². The minimum absolute atomic E-state index is 0.0371. The molecule has 0 radical (unpaired) electrons. The highest BCUT2D eigenvalue weighted by molar-refractivity contribution is 7.90. The minimum atomic E-state index is -4.76. The van der Waals surface area contributed by atoms with Crippen molar-refractivity contribution in [1.29, 1.82) is 0 Å². The maximum atomic E-state index is 12.8. The maximum absolute atomic E-state index is 12.8. The predicted octanol–water partition coefficient (Wildman–Crippen LogP) is 5.21. The number of hydrogen-bond acceptors (Lipinski definition) is 7. The van der Waals surface area contributed by atoms with Crippen LogP contribution in [0, 0.1) is 13.8 Å². The summed E-state index contributed by atoms with van der Waals surface area (Å²) >= 11 is 5.68. The molecule has 1 aromatic heterocycles. The Balaban J connectivity index is 0.000000307. The lowest BCUT2D eigenvalue weighted by Gasteiger charge is -2.25. The number of alkyl halides is 4. The molecular formula is C28H33ClF3N3O6S. The molecule has 230 valence electrons. The number of sulfone groups is 1. The van der Waals surface area contributed by atoms with Crippen LogP contribution in [0.2, 0.25) is 0 Å². The Morgan fingerprint density at radius 3 is 2.26 bits per heavy atom. The van der Waals surface area contributed by atoms with Gasteiger partial charge in [-0.15, -0.1) is 11.6 Å². The van der Waals surface area contributed by atoms with Crippen LogP contribution < -0.4 is 4.90 Å². The number of para-hydroxylation sites is 1. The van der Waals surface area contributed by atoms with Crippen LogP contribution in [0.1, 0.15) is 52.2 Å². The number of halogens is 4. The van der Waals surface area contributed by atoms with Crippen molar-refractivity contribution in [2.75, 3.05) is 30.4 Å². The zero-order valence-corrected chi connectivity index (χ0v) is 25.6. The predicted molar refractivity (Wildman–Crippen MR) is 153 cm³/mol. The lowest BCUT2D eigenvalue weighted by Crippen LogP contribution is -2.35. The molecule has 3 rings (SSSR count). The number of anilines is 1. The summed E-state index contributed by atoms with van der Waals surface area (Å²) in [5, 5.41) is 13.7. The van der Waals surface area contributed by atoms with Crippen molar-refractivity contribution in [2.24, 2.45) is 7.05 Å². The number of benzene rings is 2. The number of hydrogen-bond donors (Lipinski definition) is 1. The Hall–Kier alpha value is -3.42. The van der Waals surface area contributed by atoms with Crippen LogP contribution in [0.5, 0.6) is 5.88 Å². The molecule has 1 N–H and O–H groups in total. The summed E-state index contributed by atoms with van der Waals surface area (Å²) in [6.07, 6.45) is -3.18. The Bertz CT molecular complexity index is 1550. The number of carbonyl (C=O) groups is 2. The third-order valence-corrected chi connectivity index (χ3v) is 7.55. The van der Waals surface area contributed by atoms with E-state index in [2.05, 4.69) is 12.0 Å². The summed E-state index contributed by atoms with van der Waals surface area (Å²) in [5.41, 5.74) is 1.34. The van der Waals surface area contributed by atoms with Gasteiger partial charge in [0.2, 0.25) is 17.6 Å². The fourth-order valence-corrected chi connectivity index (χ4v) is 5.19. The topological polar surface area (TPSA) is 119 Å². The quantitative estimate of drug-likeness (QED) is 0.196. The van der Waals surface area contributed by atoms with E-state index >= 15 is 0 Å². The average molecular weight is 632 g/mol. The first-order chi connectivity index (χ1) is 19.5. The van der Waals surface area contributed by atoms with Crippen LogP contribution in [-0.2, 0) is 39.0 Å². The van der Waals surface area contributed by atoms with Gasteiger partial charge in [0.05, 0.1) is 21.8 Å². The zero-order chi connectivity index (χ0) is 32.0. The average Bonchev–Trinajstić information content (AvgIpc) is 3.18. The van der Waals surface area contributed by atoms with Gasteiger partial charge in [0.1, 0.15) is 18.2 Å². The van der Waals surface area contributed by atoms with Crippen molar-refractivity contribution < 1.29 is 41.0 Å². The van der Waals surface area contributed by atoms with Gasteiger partial charge in [-0.1, -0.05) is 25.1 Å². The molecule has 0 aliphatic rings. The molecule has 0 aliphatic carbocycles. The first-order valence-electron chi connectivity index (χ1n) is 12.7. The molecular weight excluding hydrogens is 599 g/mol. The van der Waals surface area contributed by atoms with Crippen LogP contribution in [0.4, 0.5) is 18.9 Å². The number of amides is 1. The number of aryl methyl sites for hydroxylation is 4. The molecule has 42 heavy (non-hydrogen) atoms. The van der Waals surface area contributed by atoms with Gasteiger partial charge < -0.3 is 9.84 Å². The first kappa shape index (κ1) is 34.8. The van der Waals surface area contributed by atoms with Gasteiger partial charge in [0.25, 0.3) is 0 Å². The molecule has 1 heterocycles. The molecule has 14 heteroatoms. The van der Waals surface area contributed by atoms with E-state index in [1.807, 2.05) is 32.0 Å². The fraction of sp³-hybridized carbons (Fsp3) is 0.393. The number of ketones is 1. The van der Waals surface area contributed by atoms with E-state index in [1.165, 1.54) is 14.0 Å². The van der Waals surface area contributed by atoms with Gasteiger partial charge in [-0.05, 0) is 56.5 Å². The molecule has 1 amide bonds.